The third-order valence-corrected chi connectivity index (χ3v) is 3.87. The molecule has 5 heteroatoms. The van der Waals surface area contributed by atoms with E-state index >= 15 is 0 Å². The molecule has 5 nitrogen and oxygen atoms in total. The van der Waals surface area contributed by atoms with Gasteiger partial charge >= 0.3 is 0 Å². The predicted molar refractivity (Wildman–Crippen MR) is 101 cm³/mol. The second kappa shape index (κ2) is 9.50. The Morgan fingerprint density at radius 1 is 0.962 bits per heavy atom. The van der Waals surface area contributed by atoms with E-state index in [1.165, 1.54) is 6.08 Å². The van der Waals surface area contributed by atoms with Gasteiger partial charge in [0.05, 0.1) is 33.5 Å². The van der Waals surface area contributed by atoms with Crippen molar-refractivity contribution in [1.82, 2.24) is 0 Å². The van der Waals surface area contributed by atoms with Crippen LogP contribution in [0.3, 0.4) is 0 Å². The molecule has 0 atom stereocenters. The topological polar surface area (TPSA) is 60.7 Å². The summed E-state index contributed by atoms with van der Waals surface area (Å²) in [7, 11) is 4.86. The van der Waals surface area contributed by atoms with Crippen LogP contribution in [0.25, 0.3) is 5.57 Å². The molecule has 0 heterocycles. The van der Waals surface area contributed by atoms with Gasteiger partial charge in [0.25, 0.3) is 0 Å². The summed E-state index contributed by atoms with van der Waals surface area (Å²) in [6.45, 7) is 2.86. The molecule has 2 aromatic rings. The van der Waals surface area contributed by atoms with Gasteiger partial charge in [-0.25, -0.2) is 0 Å². The van der Waals surface area contributed by atoms with Crippen molar-refractivity contribution in [2.24, 2.45) is 0 Å². The quantitative estimate of drug-likeness (QED) is 0.666. The summed E-state index contributed by atoms with van der Waals surface area (Å²) in [5, 5.41) is 9.27. The first-order valence-corrected chi connectivity index (χ1v) is 8.25. The molecule has 0 amide bonds. The van der Waals surface area contributed by atoms with Gasteiger partial charge in [0.1, 0.15) is 5.75 Å². The number of ether oxygens (including phenoxy) is 4. The van der Waals surface area contributed by atoms with Crippen molar-refractivity contribution >= 4 is 5.57 Å². The average molecular weight is 353 g/mol. The molecule has 2 rings (SSSR count). The van der Waals surface area contributed by atoms with Gasteiger partial charge in [-0.1, -0.05) is 12.1 Å². The fourth-order valence-corrected chi connectivity index (χ4v) is 2.72. The van der Waals surface area contributed by atoms with Crippen LogP contribution in [-0.2, 0) is 11.3 Å². The lowest BCUT2D eigenvalue weighted by Crippen LogP contribution is -1.99. The highest BCUT2D eigenvalue weighted by Crippen LogP contribution is 2.34. The number of rotatable bonds is 8. The van der Waals surface area contributed by atoms with Crippen molar-refractivity contribution in [3.63, 3.8) is 0 Å². The summed E-state index contributed by atoms with van der Waals surface area (Å²) in [4.78, 5) is 0. The van der Waals surface area contributed by atoms with Gasteiger partial charge in [0.2, 0.25) is 0 Å². The zero-order valence-electron chi connectivity index (χ0n) is 15.5. The first-order valence-electron chi connectivity index (χ1n) is 8.25. The van der Waals surface area contributed by atoms with Crippen molar-refractivity contribution in [1.29, 1.82) is 5.26 Å². The van der Waals surface area contributed by atoms with Gasteiger partial charge in [0.15, 0.2) is 11.5 Å². The number of nitriles is 1. The van der Waals surface area contributed by atoms with Gasteiger partial charge in [-0.2, -0.15) is 5.26 Å². The van der Waals surface area contributed by atoms with E-state index in [4.69, 9.17) is 18.9 Å². The van der Waals surface area contributed by atoms with Crippen molar-refractivity contribution in [3.05, 3.63) is 59.2 Å². The first kappa shape index (κ1) is 19.4. The maximum Gasteiger partial charge on any atom is 0.161 e. The monoisotopic (exact) mass is 353 g/mol. The van der Waals surface area contributed by atoms with Gasteiger partial charge < -0.3 is 18.9 Å². The third kappa shape index (κ3) is 4.35. The van der Waals surface area contributed by atoms with Gasteiger partial charge in [-0.05, 0) is 47.9 Å². The molecule has 0 aromatic heterocycles. The highest BCUT2D eigenvalue weighted by molar-refractivity contribution is 5.82. The molecular weight excluding hydrogens is 330 g/mol. The first-order chi connectivity index (χ1) is 12.7. The number of methoxy groups -OCH3 is 3. The van der Waals surface area contributed by atoms with Crippen LogP contribution in [0.5, 0.6) is 17.2 Å². The minimum atomic E-state index is 0.420. The minimum absolute atomic E-state index is 0.420. The molecule has 136 valence electrons. The summed E-state index contributed by atoms with van der Waals surface area (Å²) in [5.74, 6) is 2.04. The fraction of sp³-hybridized carbons (Fsp3) is 0.286. The fourth-order valence-electron chi connectivity index (χ4n) is 2.72. The summed E-state index contributed by atoms with van der Waals surface area (Å²) in [5.41, 5.74) is 3.46. The van der Waals surface area contributed by atoms with Crippen LogP contribution < -0.4 is 14.2 Å². The van der Waals surface area contributed by atoms with Crippen LogP contribution in [0.15, 0.2) is 42.5 Å². The molecule has 0 N–H and O–H groups in total. The lowest BCUT2D eigenvalue weighted by atomic mass is 9.95. The zero-order chi connectivity index (χ0) is 18.9. The van der Waals surface area contributed by atoms with Crippen molar-refractivity contribution < 1.29 is 18.9 Å². The van der Waals surface area contributed by atoms with Crippen LogP contribution >= 0.6 is 0 Å². The highest BCUT2D eigenvalue weighted by Gasteiger charge is 2.13. The van der Waals surface area contributed by atoms with Crippen molar-refractivity contribution in [3.8, 4) is 23.3 Å². The largest absolute Gasteiger partial charge is 0.496 e. The summed E-state index contributed by atoms with van der Waals surface area (Å²) < 4.78 is 21.6. The molecule has 0 aliphatic rings. The Labute approximate surface area is 154 Å². The smallest absolute Gasteiger partial charge is 0.161 e. The van der Waals surface area contributed by atoms with E-state index in [0.29, 0.717) is 24.7 Å². The molecule has 0 saturated carbocycles. The third-order valence-electron chi connectivity index (χ3n) is 3.87. The molecule has 0 unspecified atom stereocenters. The molecule has 26 heavy (non-hydrogen) atoms. The lowest BCUT2D eigenvalue weighted by molar-refractivity contribution is 0.181. The second-order valence-electron chi connectivity index (χ2n) is 5.45. The lowest BCUT2D eigenvalue weighted by Gasteiger charge is -2.15. The molecule has 0 radical (unpaired) electrons. The maximum atomic E-state index is 9.27. The van der Waals surface area contributed by atoms with Crippen LogP contribution in [0.2, 0.25) is 0 Å². The average Bonchev–Trinajstić information content (AvgIpc) is 2.66. The van der Waals surface area contributed by atoms with Gasteiger partial charge in [0, 0.05) is 18.7 Å². The molecule has 2 aromatic carbocycles. The minimum Gasteiger partial charge on any atom is -0.496 e. The molecule has 0 aliphatic carbocycles. The number of hydrogen-bond donors (Lipinski definition) is 0. The Bertz CT molecular complexity index is 762. The Kier molecular flexibility index (Phi) is 7.07. The van der Waals surface area contributed by atoms with E-state index in [1.54, 1.807) is 21.3 Å². The van der Waals surface area contributed by atoms with Gasteiger partial charge in [-0.3, -0.25) is 0 Å². The molecular formula is C21H23NO4. The van der Waals surface area contributed by atoms with E-state index in [0.717, 1.165) is 28.0 Å². The SMILES string of the molecule is CCOc1cc(C(=CC#N)c2ccc(OC)c(COC)c2)ccc1OC. The van der Waals surface area contributed by atoms with Crippen LogP contribution in [0.1, 0.15) is 23.6 Å². The standard InChI is InChI=1S/C21H23NO4/c1-5-26-21-13-16(7-9-20(21)25-4)18(10-11-22)15-6-8-19(24-3)17(12-15)14-23-2/h6-10,12-13H,5,14H2,1-4H3. The second-order valence-corrected chi connectivity index (χ2v) is 5.45. The van der Waals surface area contributed by atoms with E-state index in [-0.39, 0.29) is 0 Å². The Balaban J connectivity index is 2.54. The van der Waals surface area contributed by atoms with Crippen LogP contribution in [0, 0.1) is 11.3 Å². The highest BCUT2D eigenvalue weighted by atomic mass is 16.5. The maximum absolute atomic E-state index is 9.27. The van der Waals surface area contributed by atoms with E-state index in [9.17, 15) is 5.26 Å². The Morgan fingerprint density at radius 2 is 1.62 bits per heavy atom. The summed E-state index contributed by atoms with van der Waals surface area (Å²) >= 11 is 0. The number of hydrogen-bond acceptors (Lipinski definition) is 5. The Hall–Kier alpha value is -2.97. The van der Waals surface area contributed by atoms with E-state index in [2.05, 4.69) is 6.07 Å². The van der Waals surface area contributed by atoms with Crippen LogP contribution in [0.4, 0.5) is 0 Å². The number of nitrogens with zero attached hydrogens (tertiary/aromatic N) is 1. The molecule has 0 bridgehead atoms. The summed E-state index contributed by atoms with van der Waals surface area (Å²) in [6.07, 6.45) is 1.52. The van der Waals surface area contributed by atoms with E-state index in [1.807, 2.05) is 43.3 Å². The predicted octanol–water partition coefficient (Wildman–Crippen LogP) is 4.20. The van der Waals surface area contributed by atoms with E-state index < -0.39 is 0 Å². The number of benzene rings is 2. The van der Waals surface area contributed by atoms with Gasteiger partial charge in [-0.15, -0.1) is 0 Å². The zero-order valence-corrected chi connectivity index (χ0v) is 15.5. The molecule has 0 saturated heterocycles. The normalized spacial score (nSPS) is 11.0. The van der Waals surface area contributed by atoms with Crippen LogP contribution in [-0.4, -0.2) is 27.9 Å². The van der Waals surface area contributed by atoms with Crippen molar-refractivity contribution in [2.45, 2.75) is 13.5 Å². The number of allylic oxidation sites excluding steroid dienone is 1. The molecule has 0 fully saturated rings. The van der Waals surface area contributed by atoms with Crippen molar-refractivity contribution in [2.75, 3.05) is 27.9 Å². The Morgan fingerprint density at radius 3 is 2.19 bits per heavy atom. The molecule has 0 aliphatic heterocycles. The molecule has 0 spiro atoms. The summed E-state index contributed by atoms with van der Waals surface area (Å²) in [6, 6.07) is 13.5.